The van der Waals surface area contributed by atoms with E-state index in [9.17, 15) is 14.3 Å². The molecular formula is C24H31FN4O2S2. The summed E-state index contributed by atoms with van der Waals surface area (Å²) in [6, 6.07) is 6.00. The van der Waals surface area contributed by atoms with Crippen LogP contribution in [0.15, 0.2) is 39.7 Å². The fraction of sp³-hybridized carbons (Fsp3) is 0.458. The Morgan fingerprint density at radius 3 is 2.58 bits per heavy atom. The second kappa shape index (κ2) is 9.27. The van der Waals surface area contributed by atoms with E-state index in [1.165, 1.54) is 21.1 Å². The van der Waals surface area contributed by atoms with Gasteiger partial charge in [0, 0.05) is 30.1 Å². The molecule has 1 saturated heterocycles. The van der Waals surface area contributed by atoms with Crippen molar-refractivity contribution in [3.05, 3.63) is 51.9 Å². The number of halogens is 1. The van der Waals surface area contributed by atoms with Gasteiger partial charge in [0.05, 0.1) is 9.93 Å². The van der Waals surface area contributed by atoms with Crippen molar-refractivity contribution in [2.24, 2.45) is 10.4 Å². The van der Waals surface area contributed by atoms with Crippen molar-refractivity contribution in [1.29, 1.82) is 0 Å². The van der Waals surface area contributed by atoms with Crippen LogP contribution in [0.4, 0.5) is 4.39 Å². The molecular weight excluding hydrogens is 459 g/mol. The quantitative estimate of drug-likeness (QED) is 0.511. The molecule has 2 aliphatic heterocycles. The SMILES string of the molecule is Cc1nn(C2=NC=C(SC(C)C)[SH]2N2CCC(C)(C)CC2)c(C(=O)O)c1-c1cccc(F)c1. The zero-order valence-corrected chi connectivity index (χ0v) is 21.4. The molecule has 3 heterocycles. The highest BCUT2D eigenvalue weighted by atomic mass is 32.3. The molecule has 9 heteroatoms. The number of aromatic carboxylic acids is 1. The lowest BCUT2D eigenvalue weighted by molar-refractivity contribution is 0.0689. The monoisotopic (exact) mass is 490 g/mol. The molecule has 1 fully saturated rings. The molecule has 6 nitrogen and oxygen atoms in total. The molecule has 2 aromatic rings. The molecule has 0 aliphatic carbocycles. The second-order valence-electron chi connectivity index (χ2n) is 9.53. The van der Waals surface area contributed by atoms with Crippen LogP contribution in [0.3, 0.4) is 0 Å². The number of rotatable bonds is 5. The molecule has 2 aliphatic rings. The topological polar surface area (TPSA) is 70.7 Å². The van der Waals surface area contributed by atoms with Crippen LogP contribution in [0.25, 0.3) is 11.1 Å². The minimum absolute atomic E-state index is 0.0332. The van der Waals surface area contributed by atoms with Crippen LogP contribution in [0, 0.1) is 18.2 Å². The third-order valence-electron chi connectivity index (χ3n) is 5.99. The number of carboxylic acid groups (broad SMARTS) is 1. The maximum Gasteiger partial charge on any atom is 0.355 e. The number of nitrogens with zero attached hydrogens (tertiary/aromatic N) is 4. The normalized spacial score (nSPS) is 21.8. The molecule has 4 rings (SSSR count). The van der Waals surface area contributed by atoms with Crippen molar-refractivity contribution in [2.75, 3.05) is 13.1 Å². The van der Waals surface area contributed by atoms with Crippen molar-refractivity contribution in [3.8, 4) is 11.1 Å². The molecule has 0 saturated carbocycles. The Bertz CT molecular complexity index is 1130. The summed E-state index contributed by atoms with van der Waals surface area (Å²) in [5, 5.41) is 15.9. The highest BCUT2D eigenvalue weighted by Gasteiger charge is 2.37. The number of piperidine rings is 1. The van der Waals surface area contributed by atoms with Gasteiger partial charge in [0.15, 0.2) is 10.9 Å². The number of carbonyl (C=O) groups is 1. The zero-order valence-electron chi connectivity index (χ0n) is 19.7. The van der Waals surface area contributed by atoms with Gasteiger partial charge in [-0.3, -0.25) is 4.31 Å². The van der Waals surface area contributed by atoms with Crippen LogP contribution < -0.4 is 0 Å². The van der Waals surface area contributed by atoms with Crippen LogP contribution in [-0.2, 0) is 0 Å². The third kappa shape index (κ3) is 4.90. The maximum atomic E-state index is 14.0. The van der Waals surface area contributed by atoms with Crippen LogP contribution >= 0.6 is 22.8 Å². The van der Waals surface area contributed by atoms with Gasteiger partial charge in [-0.25, -0.2) is 18.9 Å². The summed E-state index contributed by atoms with van der Waals surface area (Å²) in [6.45, 7) is 12.5. The first-order valence-corrected chi connectivity index (χ1v) is 13.3. The Morgan fingerprint density at radius 1 is 1.27 bits per heavy atom. The average Bonchev–Trinajstić information content (AvgIpc) is 3.28. The predicted molar refractivity (Wildman–Crippen MR) is 137 cm³/mol. The fourth-order valence-electron chi connectivity index (χ4n) is 4.21. The summed E-state index contributed by atoms with van der Waals surface area (Å²) in [5.74, 6) is -1.51. The van der Waals surface area contributed by atoms with E-state index in [0.717, 1.165) is 25.9 Å². The average molecular weight is 491 g/mol. The van der Waals surface area contributed by atoms with Gasteiger partial charge in [0.1, 0.15) is 5.82 Å². The molecule has 1 unspecified atom stereocenters. The van der Waals surface area contributed by atoms with Gasteiger partial charge < -0.3 is 5.11 Å². The van der Waals surface area contributed by atoms with E-state index in [-0.39, 0.29) is 5.69 Å². The molecule has 0 spiro atoms. The van der Waals surface area contributed by atoms with Crippen LogP contribution in [0.1, 0.15) is 56.7 Å². The Balaban J connectivity index is 1.78. The van der Waals surface area contributed by atoms with Crippen molar-refractivity contribution in [3.63, 3.8) is 0 Å². The largest absolute Gasteiger partial charge is 0.476 e. The van der Waals surface area contributed by atoms with Gasteiger partial charge in [-0.05, 0) is 42.9 Å². The number of hydrogen-bond donors (Lipinski definition) is 2. The van der Waals surface area contributed by atoms with Gasteiger partial charge in [-0.1, -0.05) is 39.8 Å². The van der Waals surface area contributed by atoms with Gasteiger partial charge in [0.25, 0.3) is 0 Å². The zero-order chi connectivity index (χ0) is 23.9. The summed E-state index contributed by atoms with van der Waals surface area (Å²) in [5.41, 5.74) is 1.82. The van der Waals surface area contributed by atoms with E-state index in [1.54, 1.807) is 30.8 Å². The Kier molecular flexibility index (Phi) is 6.75. The predicted octanol–water partition coefficient (Wildman–Crippen LogP) is 5.89. The lowest BCUT2D eigenvalue weighted by atomic mass is 9.83. The molecule has 33 heavy (non-hydrogen) atoms. The number of aliphatic imine (C=N–C) groups is 1. The van der Waals surface area contributed by atoms with Crippen LogP contribution in [0.2, 0.25) is 0 Å². The highest BCUT2D eigenvalue weighted by Crippen LogP contribution is 2.53. The number of carboxylic acids is 1. The third-order valence-corrected chi connectivity index (χ3v) is 9.82. The molecule has 1 aromatic carbocycles. The van der Waals surface area contributed by atoms with Crippen molar-refractivity contribution in [1.82, 2.24) is 14.1 Å². The molecule has 0 amide bonds. The highest BCUT2D eigenvalue weighted by molar-refractivity contribution is 8.40. The summed E-state index contributed by atoms with van der Waals surface area (Å²) < 4.78 is 19.1. The minimum Gasteiger partial charge on any atom is -0.476 e. The first-order chi connectivity index (χ1) is 15.6. The number of aryl methyl sites for hydroxylation is 1. The fourth-order valence-corrected chi connectivity index (χ4v) is 8.42. The van der Waals surface area contributed by atoms with E-state index < -0.39 is 22.9 Å². The maximum absolute atomic E-state index is 14.0. The summed E-state index contributed by atoms with van der Waals surface area (Å²) in [6.07, 6.45) is 4.05. The smallest absolute Gasteiger partial charge is 0.355 e. The van der Waals surface area contributed by atoms with Gasteiger partial charge in [-0.15, -0.1) is 22.8 Å². The lowest BCUT2D eigenvalue weighted by Crippen LogP contribution is -2.38. The Labute approximate surface area is 201 Å². The first kappa shape index (κ1) is 24.0. The number of thiol groups is 1. The number of benzene rings is 1. The van der Waals surface area contributed by atoms with Gasteiger partial charge in [0.2, 0.25) is 0 Å². The Morgan fingerprint density at radius 2 is 1.97 bits per heavy atom. The van der Waals surface area contributed by atoms with Crippen molar-refractivity contribution >= 4 is 34.0 Å². The van der Waals surface area contributed by atoms with E-state index in [0.29, 0.717) is 32.7 Å². The van der Waals surface area contributed by atoms with Crippen LogP contribution in [0.5, 0.6) is 0 Å². The molecule has 1 aromatic heterocycles. The first-order valence-electron chi connectivity index (χ1n) is 11.2. The molecule has 178 valence electrons. The van der Waals surface area contributed by atoms with E-state index >= 15 is 0 Å². The van der Waals surface area contributed by atoms with Crippen LogP contribution in [-0.4, -0.2) is 48.7 Å². The number of thioether (sulfide) groups is 1. The molecule has 0 bridgehead atoms. The molecule has 1 atom stereocenters. The van der Waals surface area contributed by atoms with Crippen molar-refractivity contribution < 1.29 is 14.3 Å². The second-order valence-corrected chi connectivity index (χ2v) is 13.5. The summed E-state index contributed by atoms with van der Waals surface area (Å²) in [7, 11) is 0. The summed E-state index contributed by atoms with van der Waals surface area (Å²) >= 11 is 0.796. The Hall–Kier alpha value is -2.10. The number of hydrogen-bond acceptors (Lipinski definition) is 5. The molecule has 1 N–H and O–H groups in total. The molecule has 0 radical (unpaired) electrons. The van der Waals surface area contributed by atoms with Crippen molar-refractivity contribution in [2.45, 2.75) is 52.7 Å². The standard InChI is InChI=1S/C24H31FN4O2S2/c1-15(2)32-19-14-26-23(33(19)28-11-9-24(4,5)10-12-28)29-21(22(30)31)20(16(3)27-29)17-7-6-8-18(25)13-17/h6-8,13-15,33H,9-12H2,1-5H3,(H,30,31). The van der Waals surface area contributed by atoms with E-state index in [4.69, 9.17) is 4.99 Å². The minimum atomic E-state index is -1.10. The lowest BCUT2D eigenvalue weighted by Gasteiger charge is -2.42. The van der Waals surface area contributed by atoms with Gasteiger partial charge >= 0.3 is 5.97 Å². The number of aromatic nitrogens is 2. The summed E-state index contributed by atoms with van der Waals surface area (Å²) in [4.78, 5) is 17.2. The van der Waals surface area contributed by atoms with Gasteiger partial charge in [-0.2, -0.15) is 5.10 Å². The van der Waals surface area contributed by atoms with E-state index in [1.807, 2.05) is 6.20 Å². The van der Waals surface area contributed by atoms with E-state index in [2.05, 4.69) is 37.1 Å².